The largest absolute Gasteiger partial charge is 0.349 e. The third-order valence-corrected chi connectivity index (χ3v) is 4.44. The van der Waals surface area contributed by atoms with Gasteiger partial charge >= 0.3 is 0 Å². The van der Waals surface area contributed by atoms with Gasteiger partial charge in [-0.2, -0.15) is 0 Å². The van der Waals surface area contributed by atoms with E-state index in [-0.39, 0.29) is 11.3 Å². The van der Waals surface area contributed by atoms with Crippen molar-refractivity contribution in [2.45, 2.75) is 19.3 Å². The SMILES string of the molecule is Cc1cnc(C(=O)NCC(C)(c2ccccc2)c2ccccc2)cn1. The summed E-state index contributed by atoms with van der Waals surface area (Å²) in [6.45, 7) is 4.45. The predicted molar refractivity (Wildman–Crippen MR) is 98.4 cm³/mol. The van der Waals surface area contributed by atoms with E-state index in [0.29, 0.717) is 12.2 Å². The number of amides is 1. The standard InChI is InChI=1S/C21H21N3O/c1-16-13-23-19(14-22-16)20(25)24-15-21(2,17-9-5-3-6-10-17)18-11-7-4-8-12-18/h3-14H,15H2,1-2H3,(H,24,25). The Hall–Kier alpha value is -3.01. The second-order valence-corrected chi connectivity index (χ2v) is 6.29. The number of benzene rings is 2. The summed E-state index contributed by atoms with van der Waals surface area (Å²) >= 11 is 0. The molecule has 0 aliphatic heterocycles. The van der Waals surface area contributed by atoms with Crippen molar-refractivity contribution in [3.05, 3.63) is 95.6 Å². The number of rotatable bonds is 5. The molecule has 1 heterocycles. The van der Waals surface area contributed by atoms with Gasteiger partial charge < -0.3 is 5.32 Å². The van der Waals surface area contributed by atoms with Crippen molar-refractivity contribution in [2.24, 2.45) is 0 Å². The summed E-state index contributed by atoms with van der Waals surface area (Å²) in [5.74, 6) is -0.217. The van der Waals surface area contributed by atoms with Gasteiger partial charge in [-0.15, -0.1) is 0 Å². The number of aromatic nitrogens is 2. The monoisotopic (exact) mass is 331 g/mol. The zero-order chi connectivity index (χ0) is 17.7. The van der Waals surface area contributed by atoms with Gasteiger partial charge in [0.1, 0.15) is 5.69 Å². The van der Waals surface area contributed by atoms with E-state index >= 15 is 0 Å². The number of carbonyl (C=O) groups is 1. The van der Waals surface area contributed by atoms with Crippen LogP contribution in [0.2, 0.25) is 0 Å². The number of hydrogen-bond acceptors (Lipinski definition) is 3. The van der Waals surface area contributed by atoms with Crippen LogP contribution in [0.25, 0.3) is 0 Å². The highest BCUT2D eigenvalue weighted by Crippen LogP contribution is 2.31. The minimum absolute atomic E-state index is 0.217. The minimum atomic E-state index is -0.337. The fraction of sp³-hybridized carbons (Fsp3) is 0.190. The second kappa shape index (κ2) is 7.26. The summed E-state index contributed by atoms with van der Waals surface area (Å²) in [6.07, 6.45) is 3.11. The molecule has 126 valence electrons. The van der Waals surface area contributed by atoms with E-state index in [4.69, 9.17) is 0 Å². The molecule has 1 N–H and O–H groups in total. The van der Waals surface area contributed by atoms with Gasteiger partial charge in [0, 0.05) is 18.2 Å². The van der Waals surface area contributed by atoms with Crippen LogP contribution in [-0.2, 0) is 5.41 Å². The van der Waals surface area contributed by atoms with E-state index in [1.54, 1.807) is 6.20 Å². The average Bonchev–Trinajstić information content (AvgIpc) is 2.68. The molecule has 0 aliphatic carbocycles. The Morgan fingerprint density at radius 1 is 0.920 bits per heavy atom. The summed E-state index contributed by atoms with van der Waals surface area (Å²) in [6, 6.07) is 20.4. The van der Waals surface area contributed by atoms with Crippen LogP contribution in [0, 0.1) is 6.92 Å². The van der Waals surface area contributed by atoms with Crippen molar-refractivity contribution < 1.29 is 4.79 Å². The van der Waals surface area contributed by atoms with Crippen molar-refractivity contribution >= 4 is 5.91 Å². The van der Waals surface area contributed by atoms with Crippen LogP contribution in [0.5, 0.6) is 0 Å². The molecule has 4 nitrogen and oxygen atoms in total. The van der Waals surface area contributed by atoms with Crippen molar-refractivity contribution in [3.63, 3.8) is 0 Å². The quantitative estimate of drug-likeness (QED) is 0.778. The lowest BCUT2D eigenvalue weighted by Gasteiger charge is -2.31. The zero-order valence-corrected chi connectivity index (χ0v) is 14.4. The third kappa shape index (κ3) is 3.74. The maximum atomic E-state index is 12.5. The molecule has 0 atom stereocenters. The van der Waals surface area contributed by atoms with E-state index in [9.17, 15) is 4.79 Å². The maximum Gasteiger partial charge on any atom is 0.271 e. The fourth-order valence-electron chi connectivity index (χ4n) is 2.84. The smallest absolute Gasteiger partial charge is 0.271 e. The van der Waals surface area contributed by atoms with Gasteiger partial charge in [0.2, 0.25) is 0 Å². The number of nitrogens with zero attached hydrogens (tertiary/aromatic N) is 2. The van der Waals surface area contributed by atoms with E-state index in [1.807, 2.05) is 43.3 Å². The summed E-state index contributed by atoms with van der Waals surface area (Å²) < 4.78 is 0. The number of nitrogens with one attached hydrogen (secondary N) is 1. The Bertz CT molecular complexity index is 791. The van der Waals surface area contributed by atoms with Gasteiger partial charge in [0.15, 0.2) is 0 Å². The predicted octanol–water partition coefficient (Wildman–Crippen LogP) is 3.52. The molecule has 0 unspecified atom stereocenters. The van der Waals surface area contributed by atoms with E-state index in [2.05, 4.69) is 46.5 Å². The number of hydrogen-bond donors (Lipinski definition) is 1. The van der Waals surface area contributed by atoms with Crippen LogP contribution in [0.4, 0.5) is 0 Å². The van der Waals surface area contributed by atoms with Gasteiger partial charge in [0.25, 0.3) is 5.91 Å². The molecule has 0 saturated heterocycles. The molecule has 0 radical (unpaired) electrons. The van der Waals surface area contributed by atoms with E-state index < -0.39 is 0 Å². The second-order valence-electron chi connectivity index (χ2n) is 6.29. The molecule has 0 fully saturated rings. The van der Waals surface area contributed by atoms with Gasteiger partial charge in [-0.05, 0) is 25.0 Å². The Morgan fingerprint density at radius 2 is 1.48 bits per heavy atom. The Kier molecular flexibility index (Phi) is 4.89. The zero-order valence-electron chi connectivity index (χ0n) is 14.4. The highest BCUT2D eigenvalue weighted by Gasteiger charge is 2.29. The van der Waals surface area contributed by atoms with Crippen molar-refractivity contribution in [1.82, 2.24) is 15.3 Å². The molecular formula is C21H21N3O. The van der Waals surface area contributed by atoms with E-state index in [0.717, 1.165) is 16.8 Å². The average molecular weight is 331 g/mol. The molecule has 3 rings (SSSR count). The normalized spacial score (nSPS) is 11.1. The maximum absolute atomic E-state index is 12.5. The lowest BCUT2D eigenvalue weighted by Crippen LogP contribution is -2.39. The number of aryl methyl sites for hydroxylation is 1. The molecule has 0 aliphatic rings. The summed E-state index contributed by atoms with van der Waals surface area (Å²) in [4.78, 5) is 20.7. The summed E-state index contributed by atoms with van der Waals surface area (Å²) in [5.41, 5.74) is 3.08. The lowest BCUT2D eigenvalue weighted by atomic mass is 9.76. The summed E-state index contributed by atoms with van der Waals surface area (Å²) in [5, 5.41) is 3.01. The lowest BCUT2D eigenvalue weighted by molar-refractivity contribution is 0.0942. The third-order valence-electron chi connectivity index (χ3n) is 4.44. The first-order valence-electron chi connectivity index (χ1n) is 8.27. The Balaban J connectivity index is 1.86. The van der Waals surface area contributed by atoms with Crippen molar-refractivity contribution in [2.75, 3.05) is 6.54 Å². The molecule has 4 heteroatoms. The molecular weight excluding hydrogens is 310 g/mol. The fourth-order valence-corrected chi connectivity index (χ4v) is 2.84. The van der Waals surface area contributed by atoms with Crippen LogP contribution in [0.15, 0.2) is 73.1 Å². The van der Waals surface area contributed by atoms with E-state index in [1.165, 1.54) is 6.20 Å². The Morgan fingerprint density at radius 3 is 1.96 bits per heavy atom. The van der Waals surface area contributed by atoms with Crippen molar-refractivity contribution in [1.29, 1.82) is 0 Å². The van der Waals surface area contributed by atoms with Crippen LogP contribution < -0.4 is 5.32 Å². The first-order chi connectivity index (χ1) is 12.1. The van der Waals surface area contributed by atoms with Gasteiger partial charge in [-0.1, -0.05) is 60.7 Å². The molecule has 0 saturated carbocycles. The summed E-state index contributed by atoms with van der Waals surface area (Å²) in [7, 11) is 0. The highest BCUT2D eigenvalue weighted by atomic mass is 16.1. The van der Waals surface area contributed by atoms with Crippen LogP contribution in [0.1, 0.15) is 34.2 Å². The molecule has 2 aromatic carbocycles. The van der Waals surface area contributed by atoms with Gasteiger partial charge in [0.05, 0.1) is 11.9 Å². The van der Waals surface area contributed by atoms with Crippen molar-refractivity contribution in [3.8, 4) is 0 Å². The number of carbonyl (C=O) groups excluding carboxylic acids is 1. The molecule has 0 spiro atoms. The molecule has 25 heavy (non-hydrogen) atoms. The molecule has 3 aromatic rings. The molecule has 1 amide bonds. The van der Waals surface area contributed by atoms with Crippen LogP contribution >= 0.6 is 0 Å². The molecule has 0 bridgehead atoms. The van der Waals surface area contributed by atoms with Crippen LogP contribution in [0.3, 0.4) is 0 Å². The Labute approximate surface area is 148 Å². The highest BCUT2D eigenvalue weighted by molar-refractivity contribution is 5.92. The van der Waals surface area contributed by atoms with Gasteiger partial charge in [-0.25, -0.2) is 4.98 Å². The topological polar surface area (TPSA) is 54.9 Å². The van der Waals surface area contributed by atoms with Crippen LogP contribution in [-0.4, -0.2) is 22.4 Å². The first-order valence-corrected chi connectivity index (χ1v) is 8.27. The first kappa shape index (κ1) is 16.8. The van der Waals surface area contributed by atoms with Gasteiger partial charge in [-0.3, -0.25) is 9.78 Å². The minimum Gasteiger partial charge on any atom is -0.349 e. The molecule has 1 aromatic heterocycles.